The van der Waals surface area contributed by atoms with Crippen molar-refractivity contribution in [1.82, 2.24) is 9.99 Å². The smallest absolute Gasteiger partial charge is 0.107 e. The van der Waals surface area contributed by atoms with Gasteiger partial charge < -0.3 is 11.2 Å². The third kappa shape index (κ3) is 2.64. The van der Waals surface area contributed by atoms with E-state index in [0.29, 0.717) is 4.99 Å². The van der Waals surface area contributed by atoms with Gasteiger partial charge in [-0.3, -0.25) is 4.98 Å². The average molecular weight is 196 g/mol. The van der Waals surface area contributed by atoms with Gasteiger partial charge in [-0.25, -0.2) is 5.01 Å². The molecule has 0 fully saturated rings. The summed E-state index contributed by atoms with van der Waals surface area (Å²) >= 11 is 4.88. The fraction of sp³-hybridized carbons (Fsp3) is 0.250. The molecule has 0 aromatic carbocycles. The Kier molecular flexibility index (Phi) is 3.16. The van der Waals surface area contributed by atoms with Crippen molar-refractivity contribution in [2.75, 3.05) is 19.5 Å². The van der Waals surface area contributed by atoms with E-state index in [9.17, 15) is 0 Å². The van der Waals surface area contributed by atoms with Crippen LogP contribution in [0.25, 0.3) is 0 Å². The van der Waals surface area contributed by atoms with Gasteiger partial charge in [0.05, 0.1) is 11.3 Å². The van der Waals surface area contributed by atoms with Gasteiger partial charge >= 0.3 is 0 Å². The summed E-state index contributed by atoms with van der Waals surface area (Å²) < 4.78 is 0. The van der Waals surface area contributed by atoms with Crippen molar-refractivity contribution in [3.8, 4) is 0 Å². The van der Waals surface area contributed by atoms with Crippen LogP contribution in [0.2, 0.25) is 0 Å². The first-order chi connectivity index (χ1) is 6.11. The number of hydrogen-bond acceptors (Lipinski definition) is 4. The van der Waals surface area contributed by atoms with Crippen molar-refractivity contribution < 1.29 is 0 Å². The molecule has 1 aromatic heterocycles. The van der Waals surface area contributed by atoms with Gasteiger partial charge in [-0.2, -0.15) is 0 Å². The van der Waals surface area contributed by atoms with Gasteiger partial charge in [0.15, 0.2) is 0 Å². The van der Waals surface area contributed by atoms with Crippen LogP contribution in [0.4, 0.5) is 5.69 Å². The molecular weight excluding hydrogens is 184 g/mol. The highest BCUT2D eigenvalue weighted by Gasteiger charge is 2.04. The normalized spacial score (nSPS) is 10.1. The topological polar surface area (TPSA) is 54.2 Å². The summed E-state index contributed by atoms with van der Waals surface area (Å²) in [6, 6.07) is 1.83. The molecule has 0 aliphatic carbocycles. The van der Waals surface area contributed by atoms with Crippen molar-refractivity contribution in [2.45, 2.75) is 0 Å². The number of nitrogens with two attached hydrogens (primary N) is 1. The summed E-state index contributed by atoms with van der Waals surface area (Å²) in [4.78, 5) is 4.29. The maximum atomic E-state index is 5.52. The van der Waals surface area contributed by atoms with Crippen LogP contribution >= 0.6 is 12.2 Å². The lowest BCUT2D eigenvalue weighted by molar-refractivity contribution is 0.495. The van der Waals surface area contributed by atoms with E-state index in [1.54, 1.807) is 12.4 Å². The highest BCUT2D eigenvalue weighted by molar-refractivity contribution is 7.80. The zero-order valence-electron chi connectivity index (χ0n) is 7.61. The lowest BCUT2D eigenvalue weighted by Crippen LogP contribution is -2.22. The van der Waals surface area contributed by atoms with Gasteiger partial charge in [0.25, 0.3) is 0 Å². The Morgan fingerprint density at radius 3 is 2.85 bits per heavy atom. The third-order valence-electron chi connectivity index (χ3n) is 1.43. The van der Waals surface area contributed by atoms with Crippen molar-refractivity contribution >= 4 is 22.9 Å². The molecule has 0 spiro atoms. The molecule has 5 heteroatoms. The highest BCUT2D eigenvalue weighted by Crippen LogP contribution is 2.12. The van der Waals surface area contributed by atoms with Crippen LogP contribution in [0.15, 0.2) is 18.5 Å². The number of anilines is 1. The van der Waals surface area contributed by atoms with E-state index >= 15 is 0 Å². The number of hydrazine groups is 1. The first-order valence-electron chi connectivity index (χ1n) is 3.79. The minimum absolute atomic E-state index is 0.345. The van der Waals surface area contributed by atoms with Crippen LogP contribution in [0, 0.1) is 0 Å². The second-order valence-corrected chi connectivity index (χ2v) is 3.23. The van der Waals surface area contributed by atoms with Crippen LogP contribution in [0.3, 0.4) is 0 Å². The maximum Gasteiger partial charge on any atom is 0.107 e. The largest absolute Gasteiger partial charge is 0.389 e. The molecule has 0 radical (unpaired) electrons. The van der Waals surface area contributed by atoms with Gasteiger partial charge in [0.1, 0.15) is 4.99 Å². The molecule has 1 aromatic rings. The second-order valence-electron chi connectivity index (χ2n) is 2.79. The highest BCUT2D eigenvalue weighted by atomic mass is 32.1. The molecule has 3 N–H and O–H groups in total. The van der Waals surface area contributed by atoms with Crippen molar-refractivity contribution in [3.05, 3.63) is 24.0 Å². The fourth-order valence-electron chi connectivity index (χ4n) is 0.929. The number of aromatic nitrogens is 1. The molecule has 1 heterocycles. The van der Waals surface area contributed by atoms with Crippen LogP contribution in [-0.2, 0) is 0 Å². The fourth-order valence-corrected chi connectivity index (χ4v) is 1.09. The number of pyridine rings is 1. The third-order valence-corrected chi connectivity index (χ3v) is 1.65. The van der Waals surface area contributed by atoms with Crippen LogP contribution in [-0.4, -0.2) is 29.1 Å². The predicted octanol–water partition coefficient (Wildman–Crippen LogP) is 0.604. The Bertz CT molecular complexity index is 311. The molecule has 0 amide bonds. The Balaban J connectivity index is 2.98. The molecule has 4 nitrogen and oxygen atoms in total. The Hall–Kier alpha value is -1.20. The molecule has 0 aliphatic rings. The van der Waals surface area contributed by atoms with Crippen molar-refractivity contribution in [3.63, 3.8) is 0 Å². The zero-order chi connectivity index (χ0) is 9.84. The van der Waals surface area contributed by atoms with Crippen LogP contribution in [0.5, 0.6) is 0 Å². The quantitative estimate of drug-likeness (QED) is 0.548. The van der Waals surface area contributed by atoms with E-state index in [2.05, 4.69) is 10.4 Å². The van der Waals surface area contributed by atoms with Gasteiger partial charge in [0, 0.05) is 26.5 Å². The Morgan fingerprint density at radius 2 is 2.31 bits per heavy atom. The molecule has 13 heavy (non-hydrogen) atoms. The van der Waals surface area contributed by atoms with E-state index in [1.807, 2.05) is 25.2 Å². The molecule has 0 bridgehead atoms. The minimum Gasteiger partial charge on any atom is -0.389 e. The Labute approximate surface area is 82.7 Å². The summed E-state index contributed by atoms with van der Waals surface area (Å²) in [7, 11) is 3.79. The van der Waals surface area contributed by atoms with Crippen LogP contribution < -0.4 is 11.2 Å². The SMILES string of the molecule is CN(C)Nc1ccncc1C(N)=S. The predicted molar refractivity (Wildman–Crippen MR) is 57.4 cm³/mol. The van der Waals surface area contributed by atoms with E-state index in [4.69, 9.17) is 18.0 Å². The lowest BCUT2D eigenvalue weighted by Gasteiger charge is -2.15. The molecule has 70 valence electrons. The number of rotatable bonds is 3. The van der Waals surface area contributed by atoms with Gasteiger partial charge in [-0.05, 0) is 6.07 Å². The molecule has 0 atom stereocenters. The number of nitrogens with zero attached hydrogens (tertiary/aromatic N) is 2. The Morgan fingerprint density at radius 1 is 1.62 bits per heavy atom. The second kappa shape index (κ2) is 4.15. The summed E-state index contributed by atoms with van der Waals surface area (Å²) in [5.41, 5.74) is 10.2. The summed E-state index contributed by atoms with van der Waals surface area (Å²) in [5, 5.41) is 1.82. The van der Waals surface area contributed by atoms with Gasteiger partial charge in [-0.15, -0.1) is 0 Å². The lowest BCUT2D eigenvalue weighted by atomic mass is 10.2. The van der Waals surface area contributed by atoms with Gasteiger partial charge in [-0.1, -0.05) is 12.2 Å². The van der Waals surface area contributed by atoms with Gasteiger partial charge in [0.2, 0.25) is 0 Å². The first kappa shape index (κ1) is 9.88. The molecule has 0 unspecified atom stereocenters. The molecule has 0 saturated carbocycles. The molecule has 1 rings (SSSR count). The molecule has 0 saturated heterocycles. The zero-order valence-corrected chi connectivity index (χ0v) is 8.43. The number of hydrogen-bond donors (Lipinski definition) is 2. The first-order valence-corrected chi connectivity index (χ1v) is 4.20. The van der Waals surface area contributed by atoms with Crippen LogP contribution in [0.1, 0.15) is 5.56 Å². The van der Waals surface area contributed by atoms with E-state index < -0.39 is 0 Å². The number of thiocarbonyl (C=S) groups is 1. The summed E-state index contributed by atoms with van der Waals surface area (Å²) in [6.07, 6.45) is 3.34. The maximum absolute atomic E-state index is 5.52. The molecule has 0 aliphatic heterocycles. The standard InChI is InChI=1S/C8H12N4S/c1-12(2)11-7-3-4-10-5-6(7)8(9)13/h3-5H,1-2H3,(H2,9,13)(H,10,11). The monoisotopic (exact) mass is 196 g/mol. The van der Waals surface area contributed by atoms with Crippen molar-refractivity contribution in [2.24, 2.45) is 5.73 Å². The van der Waals surface area contributed by atoms with E-state index in [-0.39, 0.29) is 0 Å². The minimum atomic E-state index is 0.345. The summed E-state index contributed by atoms with van der Waals surface area (Å²) in [6.45, 7) is 0. The average Bonchev–Trinajstić information content (AvgIpc) is 2.03. The van der Waals surface area contributed by atoms with E-state index in [1.165, 1.54) is 0 Å². The van der Waals surface area contributed by atoms with Crippen molar-refractivity contribution in [1.29, 1.82) is 0 Å². The number of nitrogens with one attached hydrogen (secondary N) is 1. The van der Waals surface area contributed by atoms with E-state index in [0.717, 1.165) is 11.3 Å². The molecular formula is C8H12N4S. The summed E-state index contributed by atoms with van der Waals surface area (Å²) in [5.74, 6) is 0.